The van der Waals surface area contributed by atoms with E-state index in [4.69, 9.17) is 10.2 Å². The van der Waals surface area contributed by atoms with E-state index in [0.717, 1.165) is 24.6 Å². The van der Waals surface area contributed by atoms with Crippen LogP contribution in [0.2, 0.25) is 0 Å². The molecule has 0 amide bonds. The largest absolute Gasteiger partial charge is 0.442 e. The van der Waals surface area contributed by atoms with Gasteiger partial charge in [-0.3, -0.25) is 4.90 Å². The molecule has 1 aromatic rings. The molecule has 0 spiro atoms. The van der Waals surface area contributed by atoms with E-state index in [1.54, 1.807) is 6.20 Å². The van der Waals surface area contributed by atoms with Gasteiger partial charge in [0.15, 0.2) is 0 Å². The number of aromatic nitrogens is 1. The zero-order valence-corrected chi connectivity index (χ0v) is 9.44. The summed E-state index contributed by atoms with van der Waals surface area (Å²) in [4.78, 5) is 6.63. The average molecular weight is 209 g/mol. The zero-order chi connectivity index (χ0) is 10.8. The normalized spacial score (nSPS) is 25.4. The minimum absolute atomic E-state index is 0.0693. The lowest BCUT2D eigenvalue weighted by atomic mass is 10.0. The van der Waals surface area contributed by atoms with Gasteiger partial charge < -0.3 is 10.2 Å². The van der Waals surface area contributed by atoms with Crippen LogP contribution in [-0.4, -0.2) is 23.5 Å². The van der Waals surface area contributed by atoms with Gasteiger partial charge in [-0.05, 0) is 33.4 Å². The average Bonchev–Trinajstić information content (AvgIpc) is 2.67. The van der Waals surface area contributed by atoms with Gasteiger partial charge in [-0.25, -0.2) is 4.98 Å². The maximum atomic E-state index is 5.74. The van der Waals surface area contributed by atoms with Crippen LogP contribution in [0, 0.1) is 0 Å². The molecule has 2 atom stereocenters. The summed E-state index contributed by atoms with van der Waals surface area (Å²) in [5.74, 6) is 1.61. The van der Waals surface area contributed by atoms with Crippen molar-refractivity contribution in [1.82, 2.24) is 9.88 Å². The molecule has 1 fully saturated rings. The third-order valence-corrected chi connectivity index (χ3v) is 3.05. The van der Waals surface area contributed by atoms with Gasteiger partial charge in [0.2, 0.25) is 5.89 Å². The maximum absolute atomic E-state index is 5.74. The topological polar surface area (TPSA) is 55.3 Å². The SMILES string of the molecule is CC(N)c1cnc(C2CCCCN2C)o1. The monoisotopic (exact) mass is 209 g/mol. The quantitative estimate of drug-likeness (QED) is 0.807. The number of oxazole rings is 1. The molecule has 0 radical (unpaired) electrons. The summed E-state index contributed by atoms with van der Waals surface area (Å²) in [6.45, 7) is 3.04. The Morgan fingerprint density at radius 1 is 1.60 bits per heavy atom. The predicted octanol–water partition coefficient (Wildman–Crippen LogP) is 1.85. The van der Waals surface area contributed by atoms with Crippen molar-refractivity contribution >= 4 is 0 Å². The Hall–Kier alpha value is -0.870. The first-order valence-corrected chi connectivity index (χ1v) is 5.60. The molecule has 1 aromatic heterocycles. The highest BCUT2D eigenvalue weighted by molar-refractivity contribution is 5.02. The number of likely N-dealkylation sites (tertiary alicyclic amines) is 1. The Morgan fingerprint density at radius 2 is 2.40 bits per heavy atom. The van der Waals surface area contributed by atoms with E-state index in [0.29, 0.717) is 6.04 Å². The van der Waals surface area contributed by atoms with Gasteiger partial charge in [0.1, 0.15) is 5.76 Å². The molecular formula is C11H19N3O. The van der Waals surface area contributed by atoms with Crippen LogP contribution in [-0.2, 0) is 0 Å². The van der Waals surface area contributed by atoms with Gasteiger partial charge in [-0.2, -0.15) is 0 Å². The fraction of sp³-hybridized carbons (Fsp3) is 0.727. The number of hydrogen-bond acceptors (Lipinski definition) is 4. The van der Waals surface area contributed by atoms with E-state index in [2.05, 4.69) is 16.9 Å². The summed E-state index contributed by atoms with van der Waals surface area (Å²) in [5, 5.41) is 0. The molecule has 0 aromatic carbocycles. The molecule has 84 valence electrons. The third kappa shape index (κ3) is 2.21. The maximum Gasteiger partial charge on any atom is 0.211 e. The second-order valence-electron chi connectivity index (χ2n) is 4.38. The van der Waals surface area contributed by atoms with Gasteiger partial charge >= 0.3 is 0 Å². The Kier molecular flexibility index (Phi) is 3.07. The number of nitrogens with zero attached hydrogens (tertiary/aromatic N) is 2. The molecule has 2 unspecified atom stereocenters. The van der Waals surface area contributed by atoms with Gasteiger partial charge in [0.25, 0.3) is 0 Å². The molecule has 2 rings (SSSR count). The Balaban J connectivity index is 2.13. The van der Waals surface area contributed by atoms with Crippen LogP contribution in [0.15, 0.2) is 10.6 Å². The van der Waals surface area contributed by atoms with Crippen molar-refractivity contribution in [1.29, 1.82) is 0 Å². The lowest BCUT2D eigenvalue weighted by Gasteiger charge is -2.29. The van der Waals surface area contributed by atoms with Crippen LogP contribution >= 0.6 is 0 Å². The van der Waals surface area contributed by atoms with E-state index in [1.807, 2.05) is 6.92 Å². The van der Waals surface area contributed by atoms with Crippen LogP contribution in [0.5, 0.6) is 0 Å². The summed E-state index contributed by atoms with van der Waals surface area (Å²) in [6.07, 6.45) is 5.41. The molecule has 2 N–H and O–H groups in total. The first kappa shape index (κ1) is 10.6. The molecule has 0 bridgehead atoms. The molecule has 1 saturated heterocycles. The van der Waals surface area contributed by atoms with Gasteiger partial charge in [0, 0.05) is 0 Å². The summed E-state index contributed by atoms with van der Waals surface area (Å²) >= 11 is 0. The first-order chi connectivity index (χ1) is 7.18. The summed E-state index contributed by atoms with van der Waals surface area (Å²) in [6, 6.07) is 0.270. The second-order valence-corrected chi connectivity index (χ2v) is 4.38. The standard InChI is InChI=1S/C11H19N3O/c1-8(12)10-7-13-11(15-10)9-5-3-4-6-14(9)2/h7-9H,3-6,12H2,1-2H3. The highest BCUT2D eigenvalue weighted by Gasteiger charge is 2.25. The fourth-order valence-electron chi connectivity index (χ4n) is 2.05. The third-order valence-electron chi connectivity index (χ3n) is 3.05. The zero-order valence-electron chi connectivity index (χ0n) is 9.44. The van der Waals surface area contributed by atoms with E-state index in [1.165, 1.54) is 12.8 Å². The lowest BCUT2D eigenvalue weighted by molar-refractivity contribution is 0.156. The van der Waals surface area contributed by atoms with Crippen LogP contribution in [0.3, 0.4) is 0 Å². The van der Waals surface area contributed by atoms with Crippen molar-refractivity contribution in [2.45, 2.75) is 38.3 Å². The highest BCUT2D eigenvalue weighted by Crippen LogP contribution is 2.29. The molecule has 4 heteroatoms. The van der Waals surface area contributed by atoms with Crippen molar-refractivity contribution in [2.75, 3.05) is 13.6 Å². The molecule has 1 aliphatic rings. The van der Waals surface area contributed by atoms with Gasteiger partial charge in [0.05, 0.1) is 18.3 Å². The molecule has 0 saturated carbocycles. The lowest BCUT2D eigenvalue weighted by Crippen LogP contribution is -2.29. The molecule has 2 heterocycles. The Labute approximate surface area is 90.5 Å². The summed E-state index contributed by atoms with van der Waals surface area (Å²) in [5.41, 5.74) is 5.74. The van der Waals surface area contributed by atoms with Crippen molar-refractivity contribution in [2.24, 2.45) is 5.73 Å². The fourth-order valence-corrected chi connectivity index (χ4v) is 2.05. The number of rotatable bonds is 2. The second kappa shape index (κ2) is 4.33. The summed E-state index contributed by atoms with van der Waals surface area (Å²) in [7, 11) is 2.12. The van der Waals surface area contributed by atoms with E-state index in [-0.39, 0.29) is 6.04 Å². The molecule has 15 heavy (non-hydrogen) atoms. The minimum Gasteiger partial charge on any atom is -0.442 e. The van der Waals surface area contributed by atoms with Crippen LogP contribution in [0.1, 0.15) is 49.9 Å². The van der Waals surface area contributed by atoms with Crippen molar-refractivity contribution < 1.29 is 4.42 Å². The Morgan fingerprint density at radius 3 is 3.00 bits per heavy atom. The van der Waals surface area contributed by atoms with Crippen LogP contribution in [0.4, 0.5) is 0 Å². The van der Waals surface area contributed by atoms with E-state index < -0.39 is 0 Å². The Bertz CT molecular complexity index is 321. The minimum atomic E-state index is -0.0693. The number of piperidine rings is 1. The van der Waals surface area contributed by atoms with Crippen molar-refractivity contribution in [3.63, 3.8) is 0 Å². The molecular weight excluding hydrogens is 190 g/mol. The van der Waals surface area contributed by atoms with Gasteiger partial charge in [-0.15, -0.1) is 0 Å². The first-order valence-electron chi connectivity index (χ1n) is 5.60. The molecule has 0 aliphatic carbocycles. The number of nitrogens with two attached hydrogens (primary N) is 1. The van der Waals surface area contributed by atoms with Crippen molar-refractivity contribution in [3.05, 3.63) is 17.8 Å². The predicted molar refractivity (Wildman–Crippen MR) is 58.3 cm³/mol. The van der Waals surface area contributed by atoms with E-state index in [9.17, 15) is 0 Å². The summed E-state index contributed by atoms with van der Waals surface area (Å²) < 4.78 is 5.68. The molecule has 4 nitrogen and oxygen atoms in total. The highest BCUT2D eigenvalue weighted by atomic mass is 16.4. The van der Waals surface area contributed by atoms with Crippen LogP contribution in [0.25, 0.3) is 0 Å². The smallest absolute Gasteiger partial charge is 0.211 e. The van der Waals surface area contributed by atoms with Gasteiger partial charge in [-0.1, -0.05) is 6.42 Å². The van der Waals surface area contributed by atoms with Crippen molar-refractivity contribution in [3.8, 4) is 0 Å². The number of hydrogen-bond donors (Lipinski definition) is 1. The van der Waals surface area contributed by atoms with E-state index >= 15 is 0 Å². The van der Waals surface area contributed by atoms with Crippen LogP contribution < -0.4 is 5.73 Å². The molecule has 1 aliphatic heterocycles.